The predicted molar refractivity (Wildman–Crippen MR) is 90.9 cm³/mol. The number of hydrogen-bond acceptors (Lipinski definition) is 5. The fraction of sp³-hybridized carbons (Fsp3) is 0.250. The van der Waals surface area contributed by atoms with Gasteiger partial charge in [0.25, 0.3) is 0 Å². The lowest BCUT2D eigenvalue weighted by atomic mass is 10.3. The smallest absolute Gasteiger partial charge is 0.321 e. The summed E-state index contributed by atoms with van der Waals surface area (Å²) in [6, 6.07) is 9.41. The second-order valence-electron chi connectivity index (χ2n) is 5.60. The molecule has 3 heterocycles. The number of rotatable bonds is 2. The molecule has 0 atom stereocenters. The Hall–Kier alpha value is -3.16. The van der Waals surface area contributed by atoms with Gasteiger partial charge in [0.1, 0.15) is 12.1 Å². The maximum Gasteiger partial charge on any atom is 0.321 e. The second-order valence-corrected chi connectivity index (χ2v) is 5.60. The third kappa shape index (κ3) is 2.73. The molecule has 122 valence electrons. The van der Waals surface area contributed by atoms with Crippen LogP contribution in [0.25, 0.3) is 11.0 Å². The van der Waals surface area contributed by atoms with Gasteiger partial charge in [-0.1, -0.05) is 18.2 Å². The number of urea groups is 1. The number of nitrogens with one attached hydrogen (secondary N) is 2. The molecule has 0 bridgehead atoms. The molecule has 24 heavy (non-hydrogen) atoms. The van der Waals surface area contributed by atoms with Crippen LogP contribution in [0.15, 0.2) is 42.9 Å². The number of aromatic nitrogens is 4. The lowest BCUT2D eigenvalue weighted by Gasteiger charge is -2.35. The fourth-order valence-corrected chi connectivity index (χ4v) is 2.85. The van der Waals surface area contributed by atoms with Crippen molar-refractivity contribution in [1.29, 1.82) is 0 Å². The highest BCUT2D eigenvalue weighted by atomic mass is 16.2. The number of fused-ring (bicyclic) bond motifs is 1. The molecule has 2 N–H and O–H groups in total. The third-order valence-electron chi connectivity index (χ3n) is 4.12. The average molecular weight is 323 g/mol. The molecule has 8 heteroatoms. The van der Waals surface area contributed by atoms with Crippen LogP contribution in [0.3, 0.4) is 0 Å². The summed E-state index contributed by atoms with van der Waals surface area (Å²) in [5.41, 5.74) is 1.53. The molecule has 0 radical (unpaired) electrons. The summed E-state index contributed by atoms with van der Waals surface area (Å²) in [7, 11) is 0. The molecule has 1 aliphatic heterocycles. The molecule has 0 aliphatic carbocycles. The topological polar surface area (TPSA) is 90.0 Å². The predicted octanol–water partition coefficient (Wildman–Crippen LogP) is 1.71. The van der Waals surface area contributed by atoms with Crippen molar-refractivity contribution in [2.75, 3.05) is 36.4 Å². The molecule has 2 aromatic heterocycles. The Kier molecular flexibility index (Phi) is 3.70. The second kappa shape index (κ2) is 6.15. The van der Waals surface area contributed by atoms with Crippen molar-refractivity contribution < 1.29 is 4.79 Å². The van der Waals surface area contributed by atoms with E-state index in [1.54, 1.807) is 6.20 Å². The van der Waals surface area contributed by atoms with Gasteiger partial charge in [0, 0.05) is 31.9 Å². The van der Waals surface area contributed by atoms with Gasteiger partial charge in [-0.25, -0.2) is 14.8 Å². The first-order valence-electron chi connectivity index (χ1n) is 7.81. The van der Waals surface area contributed by atoms with Gasteiger partial charge < -0.3 is 15.1 Å². The van der Waals surface area contributed by atoms with Crippen molar-refractivity contribution in [3.05, 3.63) is 42.9 Å². The van der Waals surface area contributed by atoms with Crippen molar-refractivity contribution in [1.82, 2.24) is 25.1 Å². The summed E-state index contributed by atoms with van der Waals surface area (Å²) in [6.45, 7) is 2.73. The number of carbonyl (C=O) groups is 1. The number of amides is 2. The Morgan fingerprint density at radius 3 is 2.67 bits per heavy atom. The summed E-state index contributed by atoms with van der Waals surface area (Å²) in [6.07, 6.45) is 3.27. The zero-order valence-corrected chi connectivity index (χ0v) is 13.0. The molecule has 4 rings (SSSR count). The molecule has 8 nitrogen and oxygen atoms in total. The van der Waals surface area contributed by atoms with E-state index in [-0.39, 0.29) is 6.03 Å². The highest BCUT2D eigenvalue weighted by molar-refractivity contribution is 5.90. The van der Waals surface area contributed by atoms with E-state index in [1.807, 2.05) is 35.2 Å². The minimum atomic E-state index is -0.0722. The lowest BCUT2D eigenvalue weighted by Crippen LogP contribution is -2.50. The summed E-state index contributed by atoms with van der Waals surface area (Å²) < 4.78 is 0. The minimum absolute atomic E-state index is 0.0722. The Labute approximate surface area is 138 Å². The number of hydrogen-bond donors (Lipinski definition) is 2. The zero-order valence-electron chi connectivity index (χ0n) is 13.0. The molecule has 2 amide bonds. The molecule has 0 unspecified atom stereocenters. The highest BCUT2D eigenvalue weighted by Gasteiger charge is 2.23. The van der Waals surface area contributed by atoms with Crippen LogP contribution in [0.2, 0.25) is 0 Å². The number of nitrogens with zero attached hydrogens (tertiary/aromatic N) is 5. The Bertz CT molecular complexity index is 840. The lowest BCUT2D eigenvalue weighted by molar-refractivity contribution is 0.208. The van der Waals surface area contributed by atoms with Crippen molar-refractivity contribution >= 4 is 28.6 Å². The van der Waals surface area contributed by atoms with E-state index in [9.17, 15) is 4.79 Å². The first-order chi connectivity index (χ1) is 11.8. The summed E-state index contributed by atoms with van der Waals surface area (Å²) >= 11 is 0. The van der Waals surface area contributed by atoms with Crippen LogP contribution in [0.1, 0.15) is 0 Å². The average Bonchev–Trinajstić information content (AvgIpc) is 3.11. The first kappa shape index (κ1) is 14.4. The van der Waals surface area contributed by atoms with Crippen molar-refractivity contribution in [3.63, 3.8) is 0 Å². The van der Waals surface area contributed by atoms with Gasteiger partial charge in [-0.15, -0.1) is 0 Å². The number of H-pyrrole nitrogens is 1. The van der Waals surface area contributed by atoms with E-state index in [4.69, 9.17) is 0 Å². The summed E-state index contributed by atoms with van der Waals surface area (Å²) in [5, 5.41) is 10.7. The van der Waals surface area contributed by atoms with Gasteiger partial charge in [0.05, 0.1) is 11.6 Å². The van der Waals surface area contributed by atoms with Crippen LogP contribution >= 0.6 is 0 Å². The number of benzene rings is 1. The van der Waals surface area contributed by atoms with Gasteiger partial charge in [0.2, 0.25) is 0 Å². The molecule has 3 aromatic rings. The van der Waals surface area contributed by atoms with E-state index in [0.29, 0.717) is 13.1 Å². The molecular weight excluding hydrogens is 306 g/mol. The van der Waals surface area contributed by atoms with Gasteiger partial charge in [-0.05, 0) is 12.1 Å². The van der Waals surface area contributed by atoms with Crippen LogP contribution in [0, 0.1) is 0 Å². The van der Waals surface area contributed by atoms with Gasteiger partial charge in [-0.2, -0.15) is 5.10 Å². The van der Waals surface area contributed by atoms with E-state index in [0.717, 1.165) is 35.6 Å². The largest absolute Gasteiger partial charge is 0.352 e. The normalized spacial score (nSPS) is 14.8. The maximum absolute atomic E-state index is 12.3. The van der Waals surface area contributed by atoms with E-state index in [1.165, 1.54) is 6.33 Å². The maximum atomic E-state index is 12.3. The first-order valence-corrected chi connectivity index (χ1v) is 7.81. The van der Waals surface area contributed by atoms with E-state index in [2.05, 4.69) is 30.4 Å². The standard InChI is InChI=1S/C16H17N7O/c24-16(20-12-4-2-1-3-5-12)23-8-6-22(7-9-23)15-13-10-19-21-14(13)17-11-18-15/h1-5,10-11H,6-9H2,(H,20,24)(H,17,18,19,21). The van der Waals surface area contributed by atoms with E-state index >= 15 is 0 Å². The van der Waals surface area contributed by atoms with Crippen molar-refractivity contribution in [2.45, 2.75) is 0 Å². The zero-order chi connectivity index (χ0) is 16.4. The van der Waals surface area contributed by atoms with E-state index < -0.39 is 0 Å². The van der Waals surface area contributed by atoms with Crippen LogP contribution in [-0.4, -0.2) is 57.3 Å². The molecule has 1 aliphatic rings. The molecule has 0 saturated carbocycles. The Balaban J connectivity index is 1.41. The van der Waals surface area contributed by atoms with Crippen LogP contribution in [0.5, 0.6) is 0 Å². The molecule has 1 fully saturated rings. The van der Waals surface area contributed by atoms with Crippen molar-refractivity contribution in [2.24, 2.45) is 0 Å². The molecule has 1 saturated heterocycles. The van der Waals surface area contributed by atoms with Gasteiger partial charge >= 0.3 is 6.03 Å². The third-order valence-corrected chi connectivity index (χ3v) is 4.12. The fourth-order valence-electron chi connectivity index (χ4n) is 2.85. The number of piperazine rings is 1. The molecular formula is C16H17N7O. The highest BCUT2D eigenvalue weighted by Crippen LogP contribution is 2.22. The molecule has 0 spiro atoms. The van der Waals surface area contributed by atoms with Crippen LogP contribution < -0.4 is 10.2 Å². The van der Waals surface area contributed by atoms with Gasteiger partial charge in [-0.3, -0.25) is 5.10 Å². The number of para-hydroxylation sites is 1. The monoisotopic (exact) mass is 323 g/mol. The number of aromatic amines is 1. The summed E-state index contributed by atoms with van der Waals surface area (Å²) in [5.74, 6) is 0.858. The quantitative estimate of drug-likeness (QED) is 0.749. The SMILES string of the molecule is O=C(Nc1ccccc1)N1CCN(c2ncnc3[nH]ncc23)CC1. The van der Waals surface area contributed by atoms with Crippen LogP contribution in [0.4, 0.5) is 16.3 Å². The minimum Gasteiger partial charge on any atom is -0.352 e. The van der Waals surface area contributed by atoms with Gasteiger partial charge in [0.15, 0.2) is 5.65 Å². The van der Waals surface area contributed by atoms with Crippen molar-refractivity contribution in [3.8, 4) is 0 Å². The molecule has 1 aromatic carbocycles. The number of anilines is 2. The van der Waals surface area contributed by atoms with Crippen LogP contribution in [-0.2, 0) is 0 Å². The Morgan fingerprint density at radius 1 is 1.08 bits per heavy atom. The summed E-state index contributed by atoms with van der Waals surface area (Å²) in [4.78, 5) is 24.8. The Morgan fingerprint density at radius 2 is 1.88 bits per heavy atom. The number of carbonyl (C=O) groups excluding carboxylic acids is 1.